The average Bonchev–Trinajstić information content (AvgIpc) is 3.07. The van der Waals surface area contributed by atoms with Gasteiger partial charge in [0.1, 0.15) is 0 Å². The molecule has 0 aliphatic heterocycles. The van der Waals surface area contributed by atoms with Gasteiger partial charge in [-0.15, -0.1) is 0 Å². The summed E-state index contributed by atoms with van der Waals surface area (Å²) in [6.45, 7) is 1.76. The van der Waals surface area contributed by atoms with Crippen molar-refractivity contribution in [2.75, 3.05) is 6.54 Å². The van der Waals surface area contributed by atoms with Gasteiger partial charge in [-0.2, -0.15) is 5.10 Å². The lowest BCUT2D eigenvalue weighted by Crippen LogP contribution is -2.03. The van der Waals surface area contributed by atoms with E-state index in [4.69, 9.17) is 5.73 Å². The van der Waals surface area contributed by atoms with Gasteiger partial charge in [-0.3, -0.25) is 4.68 Å². The van der Waals surface area contributed by atoms with Crippen molar-refractivity contribution < 1.29 is 0 Å². The third-order valence-electron chi connectivity index (χ3n) is 3.52. The summed E-state index contributed by atoms with van der Waals surface area (Å²) < 4.78 is 2.08. The second kappa shape index (κ2) is 4.94. The summed E-state index contributed by atoms with van der Waals surface area (Å²) in [5.74, 6) is 0.858. The first-order valence-corrected chi connectivity index (χ1v) is 6.67. The van der Waals surface area contributed by atoms with Gasteiger partial charge in [-0.25, -0.2) is 0 Å². The molecule has 2 aromatic rings. The first-order valence-electron chi connectivity index (χ1n) is 6.67. The van der Waals surface area contributed by atoms with Crippen LogP contribution in [-0.2, 0) is 13.0 Å². The van der Waals surface area contributed by atoms with Crippen LogP contribution in [0.15, 0.2) is 36.7 Å². The third kappa shape index (κ3) is 2.46. The lowest BCUT2D eigenvalue weighted by Gasteiger charge is -2.06. The van der Waals surface area contributed by atoms with Crippen LogP contribution in [-0.4, -0.2) is 16.3 Å². The van der Waals surface area contributed by atoms with E-state index in [2.05, 4.69) is 40.2 Å². The van der Waals surface area contributed by atoms with E-state index in [9.17, 15) is 0 Å². The molecule has 0 atom stereocenters. The van der Waals surface area contributed by atoms with Crippen molar-refractivity contribution in [3.63, 3.8) is 0 Å². The smallest absolute Gasteiger partial charge is 0.0568 e. The number of hydrogen-bond acceptors (Lipinski definition) is 2. The van der Waals surface area contributed by atoms with Gasteiger partial charge in [-0.1, -0.05) is 24.3 Å². The van der Waals surface area contributed by atoms with Crippen molar-refractivity contribution >= 4 is 0 Å². The molecule has 0 bridgehead atoms. The van der Waals surface area contributed by atoms with Gasteiger partial charge in [-0.05, 0) is 42.9 Å². The summed E-state index contributed by atoms with van der Waals surface area (Å²) in [6.07, 6.45) is 7.77. The predicted octanol–water partition coefficient (Wildman–Crippen LogP) is 2.46. The summed E-state index contributed by atoms with van der Waals surface area (Å²) in [7, 11) is 0. The Morgan fingerprint density at radius 2 is 2.11 bits per heavy atom. The Morgan fingerprint density at radius 3 is 2.89 bits per heavy atom. The van der Waals surface area contributed by atoms with E-state index in [-0.39, 0.29) is 0 Å². The minimum atomic E-state index is 0.688. The zero-order valence-corrected chi connectivity index (χ0v) is 10.5. The highest BCUT2D eigenvalue weighted by molar-refractivity contribution is 5.66. The Hall–Kier alpha value is -1.61. The summed E-state index contributed by atoms with van der Waals surface area (Å²) >= 11 is 0. The van der Waals surface area contributed by atoms with Crippen LogP contribution in [0.3, 0.4) is 0 Å². The van der Waals surface area contributed by atoms with Gasteiger partial charge in [0.25, 0.3) is 0 Å². The SMILES string of the molecule is NCCc1ccccc1-c1cnn(CC2CC2)c1. The van der Waals surface area contributed by atoms with E-state index in [0.29, 0.717) is 6.54 Å². The van der Waals surface area contributed by atoms with E-state index >= 15 is 0 Å². The monoisotopic (exact) mass is 241 g/mol. The minimum Gasteiger partial charge on any atom is -0.330 e. The van der Waals surface area contributed by atoms with Crippen molar-refractivity contribution in [3.8, 4) is 11.1 Å². The Bertz CT molecular complexity index is 526. The number of hydrogen-bond donors (Lipinski definition) is 1. The molecule has 0 unspecified atom stereocenters. The van der Waals surface area contributed by atoms with Crippen LogP contribution in [0.5, 0.6) is 0 Å². The van der Waals surface area contributed by atoms with Crippen LogP contribution in [0, 0.1) is 5.92 Å². The molecule has 1 fully saturated rings. The fourth-order valence-corrected chi connectivity index (χ4v) is 2.34. The molecule has 18 heavy (non-hydrogen) atoms. The van der Waals surface area contributed by atoms with Crippen molar-refractivity contribution in [3.05, 3.63) is 42.2 Å². The third-order valence-corrected chi connectivity index (χ3v) is 3.52. The lowest BCUT2D eigenvalue weighted by molar-refractivity contribution is 0.563. The normalized spacial score (nSPS) is 14.9. The number of aromatic nitrogens is 2. The molecule has 0 saturated heterocycles. The Balaban J connectivity index is 1.86. The molecule has 1 aromatic carbocycles. The van der Waals surface area contributed by atoms with Crippen LogP contribution < -0.4 is 5.73 Å². The van der Waals surface area contributed by atoms with E-state index < -0.39 is 0 Å². The van der Waals surface area contributed by atoms with E-state index in [0.717, 1.165) is 18.9 Å². The molecular weight excluding hydrogens is 222 g/mol. The molecular formula is C15H19N3. The molecule has 1 aromatic heterocycles. The van der Waals surface area contributed by atoms with Gasteiger partial charge in [0.15, 0.2) is 0 Å². The van der Waals surface area contributed by atoms with E-state index in [1.165, 1.54) is 29.5 Å². The number of nitrogens with zero attached hydrogens (tertiary/aromatic N) is 2. The van der Waals surface area contributed by atoms with Gasteiger partial charge in [0.2, 0.25) is 0 Å². The van der Waals surface area contributed by atoms with Crippen LogP contribution >= 0.6 is 0 Å². The Labute approximate surface area is 108 Å². The Morgan fingerprint density at radius 1 is 1.28 bits per heavy atom. The Kier molecular flexibility index (Phi) is 3.15. The molecule has 3 heteroatoms. The molecule has 1 aliphatic carbocycles. The number of benzene rings is 1. The van der Waals surface area contributed by atoms with Crippen LogP contribution in [0.2, 0.25) is 0 Å². The number of rotatable bonds is 5. The quantitative estimate of drug-likeness (QED) is 0.874. The molecule has 1 aliphatic rings. The van der Waals surface area contributed by atoms with Crippen molar-refractivity contribution in [2.45, 2.75) is 25.8 Å². The van der Waals surface area contributed by atoms with Gasteiger partial charge in [0, 0.05) is 18.3 Å². The standard InChI is InChI=1S/C15H19N3/c16-8-7-13-3-1-2-4-15(13)14-9-17-18(11-14)10-12-5-6-12/h1-4,9,11-12H,5-8,10,16H2. The zero-order chi connectivity index (χ0) is 12.4. The summed E-state index contributed by atoms with van der Waals surface area (Å²) in [5.41, 5.74) is 9.45. The molecule has 0 radical (unpaired) electrons. The average molecular weight is 241 g/mol. The summed E-state index contributed by atoms with van der Waals surface area (Å²) in [4.78, 5) is 0. The predicted molar refractivity (Wildman–Crippen MR) is 73.1 cm³/mol. The van der Waals surface area contributed by atoms with Crippen molar-refractivity contribution in [1.82, 2.24) is 9.78 Å². The van der Waals surface area contributed by atoms with E-state index in [1.54, 1.807) is 0 Å². The fraction of sp³-hybridized carbons (Fsp3) is 0.400. The minimum absolute atomic E-state index is 0.688. The zero-order valence-electron chi connectivity index (χ0n) is 10.5. The molecule has 1 saturated carbocycles. The molecule has 2 N–H and O–H groups in total. The van der Waals surface area contributed by atoms with Gasteiger partial charge >= 0.3 is 0 Å². The van der Waals surface area contributed by atoms with Crippen molar-refractivity contribution in [1.29, 1.82) is 0 Å². The van der Waals surface area contributed by atoms with Crippen LogP contribution in [0.1, 0.15) is 18.4 Å². The maximum absolute atomic E-state index is 5.67. The van der Waals surface area contributed by atoms with Gasteiger partial charge in [0.05, 0.1) is 6.20 Å². The second-order valence-corrected chi connectivity index (χ2v) is 5.09. The maximum atomic E-state index is 5.67. The lowest BCUT2D eigenvalue weighted by atomic mass is 10.0. The highest BCUT2D eigenvalue weighted by atomic mass is 15.3. The molecule has 0 spiro atoms. The highest BCUT2D eigenvalue weighted by Crippen LogP contribution is 2.31. The second-order valence-electron chi connectivity index (χ2n) is 5.09. The summed E-state index contributed by atoms with van der Waals surface area (Å²) in [5, 5.41) is 4.46. The topological polar surface area (TPSA) is 43.8 Å². The molecule has 0 amide bonds. The molecule has 1 heterocycles. The van der Waals surface area contributed by atoms with Gasteiger partial charge < -0.3 is 5.73 Å². The van der Waals surface area contributed by atoms with Crippen LogP contribution in [0.4, 0.5) is 0 Å². The first-order chi connectivity index (χ1) is 8.86. The van der Waals surface area contributed by atoms with Crippen molar-refractivity contribution in [2.24, 2.45) is 11.7 Å². The maximum Gasteiger partial charge on any atom is 0.0568 e. The number of nitrogens with two attached hydrogens (primary N) is 1. The highest BCUT2D eigenvalue weighted by Gasteiger charge is 2.22. The molecule has 94 valence electrons. The molecule has 3 rings (SSSR count). The first kappa shape index (κ1) is 11.5. The van der Waals surface area contributed by atoms with Crippen LogP contribution in [0.25, 0.3) is 11.1 Å². The largest absolute Gasteiger partial charge is 0.330 e. The summed E-state index contributed by atoms with van der Waals surface area (Å²) in [6, 6.07) is 8.46. The fourth-order valence-electron chi connectivity index (χ4n) is 2.34. The molecule has 3 nitrogen and oxygen atoms in total. The van der Waals surface area contributed by atoms with E-state index in [1.807, 2.05) is 6.20 Å².